The number of furan rings is 1. The Bertz CT molecular complexity index is 885. The van der Waals surface area contributed by atoms with Crippen LogP contribution in [0.5, 0.6) is 0 Å². The first kappa shape index (κ1) is 20.2. The lowest BCUT2D eigenvalue weighted by Crippen LogP contribution is -2.39. The van der Waals surface area contributed by atoms with Gasteiger partial charge >= 0.3 is 6.18 Å². The molecule has 0 aromatic carbocycles. The van der Waals surface area contributed by atoms with E-state index in [2.05, 4.69) is 0 Å². The van der Waals surface area contributed by atoms with Gasteiger partial charge in [-0.25, -0.2) is 0 Å². The van der Waals surface area contributed by atoms with Crippen LogP contribution in [0.2, 0.25) is 0 Å². The molecule has 8 heteroatoms. The van der Waals surface area contributed by atoms with Crippen molar-refractivity contribution in [1.82, 2.24) is 9.47 Å². The molecule has 28 heavy (non-hydrogen) atoms. The molecular formula is C20H23F3N2O3. The van der Waals surface area contributed by atoms with Crippen molar-refractivity contribution < 1.29 is 22.4 Å². The predicted molar refractivity (Wildman–Crippen MR) is 96.7 cm³/mol. The molecule has 0 radical (unpaired) electrons. The first-order chi connectivity index (χ1) is 13.3. The smallest absolute Gasteiger partial charge is 0.421 e. The zero-order chi connectivity index (χ0) is 20.3. The van der Waals surface area contributed by atoms with Crippen LogP contribution in [0.4, 0.5) is 13.2 Å². The zero-order valence-electron chi connectivity index (χ0n) is 15.7. The van der Waals surface area contributed by atoms with Gasteiger partial charge < -0.3 is 13.9 Å². The summed E-state index contributed by atoms with van der Waals surface area (Å²) in [6.07, 6.45) is 0.621. The fourth-order valence-electron chi connectivity index (χ4n) is 3.58. The third-order valence-electron chi connectivity index (χ3n) is 5.06. The highest BCUT2D eigenvalue weighted by molar-refractivity contribution is 5.76. The minimum Gasteiger partial charge on any atom is -0.464 e. The first-order valence-electron chi connectivity index (χ1n) is 9.46. The zero-order valence-corrected chi connectivity index (χ0v) is 15.7. The van der Waals surface area contributed by atoms with Gasteiger partial charge in [-0.2, -0.15) is 13.2 Å². The lowest BCUT2D eigenvalue weighted by Gasteiger charge is -2.29. The van der Waals surface area contributed by atoms with E-state index in [4.69, 9.17) is 4.42 Å². The quantitative estimate of drug-likeness (QED) is 0.780. The molecule has 0 spiro atoms. The van der Waals surface area contributed by atoms with Crippen LogP contribution in [0.25, 0.3) is 0 Å². The molecule has 1 atom stereocenters. The summed E-state index contributed by atoms with van der Waals surface area (Å²) in [5, 5.41) is 0. The van der Waals surface area contributed by atoms with Gasteiger partial charge in [-0.15, -0.1) is 0 Å². The van der Waals surface area contributed by atoms with Gasteiger partial charge in [0.2, 0.25) is 5.91 Å². The Morgan fingerprint density at radius 2 is 2.00 bits per heavy atom. The number of hydrogen-bond acceptors (Lipinski definition) is 3. The standard InChI is InChI=1S/C20H23F3N2O3/c1-2-14-9-10-17(28-14)16-8-4-3-5-12-25(16)18(26)13-24-11-6-7-15(19(24)27)20(21,22)23/h6-7,9-11,16H,2-5,8,12-13H2,1H3. The van der Waals surface area contributed by atoms with Crippen molar-refractivity contribution in [1.29, 1.82) is 0 Å². The van der Waals surface area contributed by atoms with Crippen molar-refractivity contribution in [3.8, 4) is 0 Å². The van der Waals surface area contributed by atoms with Gasteiger partial charge in [-0.05, 0) is 37.1 Å². The van der Waals surface area contributed by atoms with Crippen LogP contribution >= 0.6 is 0 Å². The molecule has 5 nitrogen and oxygen atoms in total. The molecule has 152 valence electrons. The molecule has 2 aromatic heterocycles. The summed E-state index contributed by atoms with van der Waals surface area (Å²) in [7, 11) is 0. The Hall–Kier alpha value is -2.51. The van der Waals surface area contributed by atoms with Crippen LogP contribution < -0.4 is 5.56 Å². The number of nitrogens with zero attached hydrogens (tertiary/aromatic N) is 2. The largest absolute Gasteiger partial charge is 0.464 e. The fourth-order valence-corrected chi connectivity index (χ4v) is 3.58. The fraction of sp³-hybridized carbons (Fsp3) is 0.500. The van der Waals surface area contributed by atoms with Crippen molar-refractivity contribution in [2.24, 2.45) is 0 Å². The van der Waals surface area contributed by atoms with Crippen molar-refractivity contribution in [3.05, 3.63) is 57.9 Å². The first-order valence-corrected chi connectivity index (χ1v) is 9.46. The average Bonchev–Trinajstić information content (AvgIpc) is 2.98. The third kappa shape index (κ3) is 4.31. The molecule has 1 saturated heterocycles. The number of alkyl halides is 3. The van der Waals surface area contributed by atoms with Gasteiger partial charge in [0.05, 0.1) is 6.04 Å². The maximum absolute atomic E-state index is 13.0. The van der Waals surface area contributed by atoms with E-state index >= 15 is 0 Å². The van der Waals surface area contributed by atoms with Crippen LogP contribution in [-0.4, -0.2) is 21.9 Å². The molecule has 0 aliphatic carbocycles. The van der Waals surface area contributed by atoms with E-state index in [1.54, 1.807) is 4.90 Å². The van der Waals surface area contributed by atoms with Gasteiger partial charge in [-0.3, -0.25) is 9.59 Å². The summed E-state index contributed by atoms with van der Waals surface area (Å²) < 4.78 is 45.6. The van der Waals surface area contributed by atoms with Crippen molar-refractivity contribution in [2.45, 2.75) is 57.8 Å². The number of likely N-dealkylation sites (tertiary alicyclic amines) is 1. The second-order valence-corrected chi connectivity index (χ2v) is 6.96. The highest BCUT2D eigenvalue weighted by atomic mass is 19.4. The molecule has 1 amide bonds. The molecule has 3 rings (SSSR count). The van der Waals surface area contributed by atoms with Gasteiger partial charge in [0.15, 0.2) is 0 Å². The topological polar surface area (TPSA) is 55.5 Å². The summed E-state index contributed by atoms with van der Waals surface area (Å²) in [5.41, 5.74) is -2.48. The van der Waals surface area contributed by atoms with Crippen LogP contribution in [-0.2, 0) is 23.9 Å². The van der Waals surface area contributed by atoms with Gasteiger partial charge in [0, 0.05) is 19.2 Å². The number of aryl methyl sites for hydroxylation is 1. The van der Waals surface area contributed by atoms with E-state index in [1.165, 1.54) is 6.20 Å². The lowest BCUT2D eigenvalue weighted by atomic mass is 10.1. The SMILES string of the molecule is CCc1ccc(C2CCCCCN2C(=O)Cn2cccc(C(F)(F)F)c2=O)o1. The number of hydrogen-bond donors (Lipinski definition) is 0. The molecule has 1 aliphatic rings. The van der Waals surface area contributed by atoms with E-state index < -0.39 is 23.8 Å². The number of aromatic nitrogens is 1. The minimum absolute atomic E-state index is 0.267. The van der Waals surface area contributed by atoms with Crippen LogP contribution in [0.1, 0.15) is 55.7 Å². The summed E-state index contributed by atoms with van der Waals surface area (Å²) in [6, 6.07) is 5.33. The summed E-state index contributed by atoms with van der Waals surface area (Å²) >= 11 is 0. The highest BCUT2D eigenvalue weighted by Crippen LogP contribution is 2.32. The van der Waals surface area contributed by atoms with Crippen LogP contribution in [0, 0.1) is 0 Å². The number of halogens is 3. The van der Waals surface area contributed by atoms with Crippen LogP contribution in [0.15, 0.2) is 39.7 Å². The van der Waals surface area contributed by atoms with E-state index in [0.29, 0.717) is 12.3 Å². The number of pyridine rings is 1. The molecule has 1 fully saturated rings. The van der Waals surface area contributed by atoms with Crippen molar-refractivity contribution in [3.63, 3.8) is 0 Å². The Kier molecular flexibility index (Phi) is 5.96. The number of carbonyl (C=O) groups is 1. The second-order valence-electron chi connectivity index (χ2n) is 6.96. The van der Waals surface area contributed by atoms with Gasteiger partial charge in [-0.1, -0.05) is 19.8 Å². The maximum atomic E-state index is 13.0. The molecule has 0 bridgehead atoms. The number of rotatable bonds is 4. The Morgan fingerprint density at radius 1 is 1.21 bits per heavy atom. The van der Waals surface area contributed by atoms with E-state index in [-0.39, 0.29) is 11.9 Å². The normalized spacial score (nSPS) is 18.1. The Labute approximate surface area is 160 Å². The average molecular weight is 396 g/mol. The maximum Gasteiger partial charge on any atom is 0.421 e. The monoisotopic (exact) mass is 396 g/mol. The van der Waals surface area contributed by atoms with Gasteiger partial charge in [0.1, 0.15) is 23.6 Å². The number of carbonyl (C=O) groups excluding carboxylic acids is 1. The molecular weight excluding hydrogens is 373 g/mol. The van der Waals surface area contributed by atoms with Crippen LogP contribution in [0.3, 0.4) is 0 Å². The predicted octanol–water partition coefficient (Wildman–Crippen LogP) is 4.17. The Balaban J connectivity index is 1.86. The number of amides is 1. The minimum atomic E-state index is -4.75. The molecule has 0 N–H and O–H groups in total. The van der Waals surface area contributed by atoms with Crippen molar-refractivity contribution >= 4 is 5.91 Å². The molecule has 0 saturated carbocycles. The summed E-state index contributed by atoms with van der Waals surface area (Å²) in [6.45, 7) is 2.03. The summed E-state index contributed by atoms with van der Waals surface area (Å²) in [5.74, 6) is 1.12. The van der Waals surface area contributed by atoms with Crippen molar-refractivity contribution in [2.75, 3.05) is 6.54 Å². The van der Waals surface area contributed by atoms with E-state index in [1.807, 2.05) is 19.1 Å². The highest BCUT2D eigenvalue weighted by Gasteiger charge is 2.35. The molecule has 2 aromatic rings. The van der Waals surface area contributed by atoms with E-state index in [0.717, 1.165) is 54.6 Å². The third-order valence-corrected chi connectivity index (χ3v) is 5.06. The molecule has 1 aliphatic heterocycles. The second kappa shape index (κ2) is 8.24. The molecule has 1 unspecified atom stereocenters. The summed E-state index contributed by atoms with van der Waals surface area (Å²) in [4.78, 5) is 26.7. The van der Waals surface area contributed by atoms with Gasteiger partial charge in [0.25, 0.3) is 5.56 Å². The Morgan fingerprint density at radius 3 is 2.68 bits per heavy atom. The van der Waals surface area contributed by atoms with E-state index in [9.17, 15) is 22.8 Å². The molecule has 3 heterocycles. The lowest BCUT2D eigenvalue weighted by molar-refractivity contribution is -0.140.